The third-order valence-corrected chi connectivity index (χ3v) is 1.67. The molecule has 0 aliphatic carbocycles. The highest BCUT2D eigenvalue weighted by atomic mass is 16.5. The van der Waals surface area contributed by atoms with E-state index in [0.717, 1.165) is 26.0 Å². The van der Waals surface area contributed by atoms with E-state index in [1.54, 1.807) is 0 Å². The second kappa shape index (κ2) is 8.03. The minimum atomic E-state index is -0.0361. The SMILES string of the molecule is CC(C#N)NCCCCOC(C)C. The Kier molecular flexibility index (Phi) is 7.66. The van der Waals surface area contributed by atoms with E-state index in [4.69, 9.17) is 10.00 Å². The summed E-state index contributed by atoms with van der Waals surface area (Å²) in [5.74, 6) is 0. The molecule has 13 heavy (non-hydrogen) atoms. The number of nitrogens with zero attached hydrogens (tertiary/aromatic N) is 1. The fraction of sp³-hybridized carbons (Fsp3) is 0.900. The largest absolute Gasteiger partial charge is 0.379 e. The van der Waals surface area contributed by atoms with Gasteiger partial charge in [-0.2, -0.15) is 5.26 Å². The minimum Gasteiger partial charge on any atom is -0.379 e. The van der Waals surface area contributed by atoms with E-state index in [1.165, 1.54) is 0 Å². The lowest BCUT2D eigenvalue weighted by Gasteiger charge is -2.08. The second-order valence-corrected chi connectivity index (χ2v) is 3.43. The Bertz CT molecular complexity index is 151. The summed E-state index contributed by atoms with van der Waals surface area (Å²) in [5.41, 5.74) is 0. The highest BCUT2D eigenvalue weighted by Crippen LogP contribution is 1.93. The molecule has 3 nitrogen and oxygen atoms in total. The highest BCUT2D eigenvalue weighted by Gasteiger charge is 1.97. The maximum absolute atomic E-state index is 8.47. The zero-order chi connectivity index (χ0) is 10.1. The molecular weight excluding hydrogens is 164 g/mol. The van der Waals surface area contributed by atoms with Crippen LogP contribution in [0.4, 0.5) is 0 Å². The van der Waals surface area contributed by atoms with Gasteiger partial charge < -0.3 is 10.1 Å². The topological polar surface area (TPSA) is 45.0 Å². The predicted octanol–water partition coefficient (Wildman–Crippen LogP) is 1.69. The number of rotatable bonds is 7. The zero-order valence-electron chi connectivity index (χ0n) is 8.84. The monoisotopic (exact) mass is 184 g/mol. The number of unbranched alkanes of at least 4 members (excludes halogenated alkanes) is 1. The van der Waals surface area contributed by atoms with Crippen molar-refractivity contribution in [2.45, 2.75) is 45.8 Å². The van der Waals surface area contributed by atoms with Gasteiger partial charge in [0.15, 0.2) is 0 Å². The fourth-order valence-electron chi connectivity index (χ4n) is 0.910. The fourth-order valence-corrected chi connectivity index (χ4v) is 0.910. The maximum Gasteiger partial charge on any atom is 0.0924 e. The lowest BCUT2D eigenvalue weighted by atomic mass is 10.3. The van der Waals surface area contributed by atoms with Gasteiger partial charge in [-0.3, -0.25) is 0 Å². The molecule has 0 aromatic rings. The average Bonchev–Trinajstić information content (AvgIpc) is 2.10. The molecule has 0 fully saturated rings. The number of hydrogen-bond acceptors (Lipinski definition) is 3. The molecule has 0 radical (unpaired) electrons. The first-order valence-electron chi connectivity index (χ1n) is 4.91. The van der Waals surface area contributed by atoms with Gasteiger partial charge in [0, 0.05) is 6.61 Å². The van der Waals surface area contributed by atoms with Crippen molar-refractivity contribution in [2.24, 2.45) is 0 Å². The Morgan fingerprint density at radius 2 is 2.00 bits per heavy atom. The standard InChI is InChI=1S/C10H20N2O/c1-9(2)13-7-5-4-6-12-10(3)8-11/h9-10,12H,4-7H2,1-3H3. The zero-order valence-corrected chi connectivity index (χ0v) is 8.84. The van der Waals surface area contributed by atoms with Crippen molar-refractivity contribution in [3.63, 3.8) is 0 Å². The van der Waals surface area contributed by atoms with Gasteiger partial charge >= 0.3 is 0 Å². The van der Waals surface area contributed by atoms with Gasteiger partial charge in [-0.1, -0.05) is 0 Å². The Balaban J connectivity index is 3.05. The van der Waals surface area contributed by atoms with E-state index in [9.17, 15) is 0 Å². The number of nitriles is 1. The molecule has 0 heterocycles. The van der Waals surface area contributed by atoms with Gasteiger partial charge in [0.2, 0.25) is 0 Å². The van der Waals surface area contributed by atoms with E-state index in [0.29, 0.717) is 6.10 Å². The van der Waals surface area contributed by atoms with Crippen LogP contribution in [-0.4, -0.2) is 25.3 Å². The van der Waals surface area contributed by atoms with E-state index in [1.807, 2.05) is 20.8 Å². The molecule has 3 heteroatoms. The molecule has 0 spiro atoms. The van der Waals surface area contributed by atoms with Gasteiger partial charge in [0.05, 0.1) is 18.2 Å². The first-order chi connectivity index (χ1) is 6.16. The smallest absolute Gasteiger partial charge is 0.0924 e. The van der Waals surface area contributed by atoms with Crippen molar-refractivity contribution in [3.05, 3.63) is 0 Å². The Morgan fingerprint density at radius 1 is 1.31 bits per heavy atom. The van der Waals surface area contributed by atoms with Gasteiger partial charge in [-0.25, -0.2) is 0 Å². The van der Waals surface area contributed by atoms with Crippen LogP contribution in [0.5, 0.6) is 0 Å². The Labute approximate surface area is 81.1 Å². The quantitative estimate of drug-likeness (QED) is 0.612. The molecule has 76 valence electrons. The van der Waals surface area contributed by atoms with Gasteiger partial charge in [0.25, 0.3) is 0 Å². The second-order valence-electron chi connectivity index (χ2n) is 3.43. The summed E-state index contributed by atoms with van der Waals surface area (Å²) in [6.07, 6.45) is 2.45. The summed E-state index contributed by atoms with van der Waals surface area (Å²) >= 11 is 0. The summed E-state index contributed by atoms with van der Waals surface area (Å²) in [5, 5.41) is 11.6. The van der Waals surface area contributed by atoms with Crippen LogP contribution < -0.4 is 5.32 Å². The molecule has 0 amide bonds. The van der Waals surface area contributed by atoms with Crippen LogP contribution in [0.1, 0.15) is 33.6 Å². The first-order valence-corrected chi connectivity index (χ1v) is 4.91. The molecule has 1 unspecified atom stereocenters. The van der Waals surface area contributed by atoms with Crippen LogP contribution >= 0.6 is 0 Å². The lowest BCUT2D eigenvalue weighted by molar-refractivity contribution is 0.0760. The predicted molar refractivity (Wildman–Crippen MR) is 53.4 cm³/mol. The van der Waals surface area contributed by atoms with Crippen molar-refractivity contribution < 1.29 is 4.74 Å². The van der Waals surface area contributed by atoms with Crippen LogP contribution in [0, 0.1) is 11.3 Å². The number of ether oxygens (including phenoxy) is 1. The van der Waals surface area contributed by atoms with Crippen LogP contribution in [0.15, 0.2) is 0 Å². The van der Waals surface area contributed by atoms with Crippen LogP contribution in [0.25, 0.3) is 0 Å². The molecule has 0 aliphatic rings. The van der Waals surface area contributed by atoms with Gasteiger partial charge in [0.1, 0.15) is 0 Å². The van der Waals surface area contributed by atoms with E-state index in [-0.39, 0.29) is 6.04 Å². The van der Waals surface area contributed by atoms with Crippen molar-refractivity contribution in [2.75, 3.05) is 13.2 Å². The van der Waals surface area contributed by atoms with E-state index in [2.05, 4.69) is 11.4 Å². The first kappa shape index (κ1) is 12.4. The van der Waals surface area contributed by atoms with Gasteiger partial charge in [-0.15, -0.1) is 0 Å². The molecule has 0 aromatic carbocycles. The maximum atomic E-state index is 8.47. The van der Waals surface area contributed by atoms with Crippen LogP contribution in [0.3, 0.4) is 0 Å². The highest BCUT2D eigenvalue weighted by molar-refractivity contribution is 4.84. The van der Waals surface area contributed by atoms with E-state index < -0.39 is 0 Å². The van der Waals surface area contributed by atoms with Crippen molar-refractivity contribution in [1.82, 2.24) is 5.32 Å². The summed E-state index contributed by atoms with van der Waals surface area (Å²) in [6, 6.07) is 2.10. The molecule has 0 saturated heterocycles. The third-order valence-electron chi connectivity index (χ3n) is 1.67. The van der Waals surface area contributed by atoms with Gasteiger partial charge in [-0.05, 0) is 40.2 Å². The third kappa shape index (κ3) is 9.32. The summed E-state index contributed by atoms with van der Waals surface area (Å²) in [6.45, 7) is 7.66. The molecule has 0 aliphatic heterocycles. The lowest BCUT2D eigenvalue weighted by Crippen LogP contribution is -2.25. The summed E-state index contributed by atoms with van der Waals surface area (Å²) in [4.78, 5) is 0. The van der Waals surface area contributed by atoms with Crippen molar-refractivity contribution in [1.29, 1.82) is 5.26 Å². The molecule has 1 N–H and O–H groups in total. The Hall–Kier alpha value is -0.590. The van der Waals surface area contributed by atoms with Crippen molar-refractivity contribution in [3.8, 4) is 6.07 Å². The number of hydrogen-bond donors (Lipinski definition) is 1. The molecule has 0 saturated carbocycles. The normalized spacial score (nSPS) is 12.8. The molecule has 0 rings (SSSR count). The summed E-state index contributed by atoms with van der Waals surface area (Å²) < 4.78 is 5.38. The van der Waals surface area contributed by atoms with Crippen molar-refractivity contribution >= 4 is 0 Å². The molecular formula is C10H20N2O. The number of nitrogens with one attached hydrogen (secondary N) is 1. The Morgan fingerprint density at radius 3 is 2.54 bits per heavy atom. The summed E-state index contributed by atoms with van der Waals surface area (Å²) in [7, 11) is 0. The van der Waals surface area contributed by atoms with E-state index >= 15 is 0 Å². The molecule has 1 atom stereocenters. The minimum absolute atomic E-state index is 0.0361. The molecule has 0 aromatic heterocycles. The van der Waals surface area contributed by atoms with Crippen LogP contribution in [-0.2, 0) is 4.74 Å². The average molecular weight is 184 g/mol. The van der Waals surface area contributed by atoms with Crippen LogP contribution in [0.2, 0.25) is 0 Å². The molecule has 0 bridgehead atoms.